The van der Waals surface area contributed by atoms with Gasteiger partial charge >= 0.3 is 6.03 Å². The standard InChI is InChI=1S/C18H22ClN3O2/c1-12(2)24-17-16(9-6-10-20-17)21-18(23)22(4)13(3)14-7-5-8-15(19)11-14/h5-13H,1-4H3,(H,21,23). The third-order valence-corrected chi connectivity index (χ3v) is 3.83. The highest BCUT2D eigenvalue weighted by Crippen LogP contribution is 2.25. The van der Waals surface area contributed by atoms with Crippen molar-refractivity contribution in [2.75, 3.05) is 12.4 Å². The van der Waals surface area contributed by atoms with Crippen LogP contribution in [0.15, 0.2) is 42.6 Å². The van der Waals surface area contributed by atoms with Crippen molar-refractivity contribution in [2.24, 2.45) is 0 Å². The molecule has 1 aromatic heterocycles. The number of halogens is 1. The van der Waals surface area contributed by atoms with Gasteiger partial charge < -0.3 is 15.0 Å². The molecule has 2 amide bonds. The molecule has 128 valence electrons. The predicted molar refractivity (Wildman–Crippen MR) is 96.6 cm³/mol. The Labute approximate surface area is 147 Å². The molecule has 0 saturated carbocycles. The minimum atomic E-state index is -0.246. The Morgan fingerprint density at radius 2 is 2.00 bits per heavy atom. The second kappa shape index (κ2) is 8.02. The van der Waals surface area contributed by atoms with Gasteiger partial charge in [-0.25, -0.2) is 9.78 Å². The lowest BCUT2D eigenvalue weighted by molar-refractivity contribution is 0.207. The minimum absolute atomic E-state index is 0.0290. The first kappa shape index (κ1) is 18.1. The first-order valence-corrected chi connectivity index (χ1v) is 8.17. The van der Waals surface area contributed by atoms with E-state index in [0.717, 1.165) is 5.56 Å². The number of urea groups is 1. The van der Waals surface area contributed by atoms with E-state index in [2.05, 4.69) is 10.3 Å². The van der Waals surface area contributed by atoms with Crippen molar-refractivity contribution >= 4 is 23.3 Å². The normalized spacial score (nSPS) is 11.9. The molecule has 24 heavy (non-hydrogen) atoms. The maximum Gasteiger partial charge on any atom is 0.322 e. The summed E-state index contributed by atoms with van der Waals surface area (Å²) in [5, 5.41) is 3.49. The maximum atomic E-state index is 12.5. The number of anilines is 1. The number of nitrogens with zero attached hydrogens (tertiary/aromatic N) is 2. The van der Waals surface area contributed by atoms with E-state index in [4.69, 9.17) is 16.3 Å². The molecule has 5 nitrogen and oxygen atoms in total. The van der Waals surface area contributed by atoms with Gasteiger partial charge in [-0.1, -0.05) is 23.7 Å². The van der Waals surface area contributed by atoms with Crippen LogP contribution in [0.5, 0.6) is 5.88 Å². The quantitative estimate of drug-likeness (QED) is 0.849. The highest BCUT2D eigenvalue weighted by molar-refractivity contribution is 6.30. The largest absolute Gasteiger partial charge is 0.473 e. The van der Waals surface area contributed by atoms with Crippen molar-refractivity contribution in [2.45, 2.75) is 32.9 Å². The Kier molecular flexibility index (Phi) is 6.04. The van der Waals surface area contributed by atoms with Crippen LogP contribution >= 0.6 is 11.6 Å². The van der Waals surface area contributed by atoms with Crippen molar-refractivity contribution in [3.05, 3.63) is 53.2 Å². The van der Waals surface area contributed by atoms with Gasteiger partial charge in [0.15, 0.2) is 0 Å². The molecule has 0 aliphatic carbocycles. The zero-order valence-electron chi connectivity index (χ0n) is 14.3. The molecule has 0 saturated heterocycles. The minimum Gasteiger partial charge on any atom is -0.473 e. The fraction of sp³-hybridized carbons (Fsp3) is 0.333. The summed E-state index contributed by atoms with van der Waals surface area (Å²) in [6, 6.07) is 10.6. The molecule has 1 aromatic carbocycles. The van der Waals surface area contributed by atoms with Gasteiger partial charge in [0.05, 0.1) is 12.1 Å². The Balaban J connectivity index is 2.12. The number of pyridine rings is 1. The number of hydrogen-bond donors (Lipinski definition) is 1. The van der Waals surface area contributed by atoms with E-state index < -0.39 is 0 Å². The molecule has 0 spiro atoms. The van der Waals surface area contributed by atoms with Crippen LogP contribution in [0, 0.1) is 0 Å². The number of aromatic nitrogens is 1. The summed E-state index contributed by atoms with van der Waals surface area (Å²) in [5.41, 5.74) is 1.51. The summed E-state index contributed by atoms with van der Waals surface area (Å²) in [6.45, 7) is 5.77. The van der Waals surface area contributed by atoms with Gasteiger partial charge in [0.25, 0.3) is 0 Å². The van der Waals surface area contributed by atoms with Gasteiger partial charge in [-0.2, -0.15) is 0 Å². The third kappa shape index (κ3) is 4.61. The van der Waals surface area contributed by atoms with Crippen molar-refractivity contribution in [1.82, 2.24) is 9.88 Å². The average Bonchev–Trinajstić information content (AvgIpc) is 2.54. The van der Waals surface area contributed by atoms with E-state index in [9.17, 15) is 4.79 Å². The van der Waals surface area contributed by atoms with E-state index in [-0.39, 0.29) is 18.2 Å². The van der Waals surface area contributed by atoms with E-state index in [1.807, 2.05) is 45.0 Å². The number of amides is 2. The third-order valence-electron chi connectivity index (χ3n) is 3.59. The fourth-order valence-corrected chi connectivity index (χ4v) is 2.37. The Hall–Kier alpha value is -2.27. The Morgan fingerprint density at radius 1 is 1.25 bits per heavy atom. The predicted octanol–water partition coefficient (Wildman–Crippen LogP) is 4.75. The summed E-state index contributed by atoms with van der Waals surface area (Å²) in [7, 11) is 1.74. The fourth-order valence-electron chi connectivity index (χ4n) is 2.17. The van der Waals surface area contributed by atoms with Crippen molar-refractivity contribution in [1.29, 1.82) is 0 Å². The topological polar surface area (TPSA) is 54.5 Å². The van der Waals surface area contributed by atoms with Gasteiger partial charge in [-0.15, -0.1) is 0 Å². The Bertz CT molecular complexity index is 706. The number of hydrogen-bond acceptors (Lipinski definition) is 3. The van der Waals surface area contributed by atoms with Crippen LogP contribution in [0.2, 0.25) is 5.02 Å². The van der Waals surface area contributed by atoms with Gasteiger partial charge in [0.2, 0.25) is 5.88 Å². The van der Waals surface area contributed by atoms with E-state index in [1.165, 1.54) is 0 Å². The van der Waals surface area contributed by atoms with Crippen LogP contribution in [0.4, 0.5) is 10.5 Å². The van der Waals surface area contributed by atoms with Crippen molar-refractivity contribution in [3.63, 3.8) is 0 Å². The van der Waals surface area contributed by atoms with Crippen LogP contribution in [0.1, 0.15) is 32.4 Å². The summed E-state index contributed by atoms with van der Waals surface area (Å²) < 4.78 is 5.63. The van der Waals surface area contributed by atoms with Gasteiger partial charge in [0, 0.05) is 18.3 Å². The highest BCUT2D eigenvalue weighted by Gasteiger charge is 2.19. The van der Waals surface area contributed by atoms with Crippen LogP contribution < -0.4 is 10.1 Å². The molecule has 6 heteroatoms. The number of carbonyl (C=O) groups excluding carboxylic acids is 1. The summed E-state index contributed by atoms with van der Waals surface area (Å²) in [4.78, 5) is 18.3. The molecule has 0 aliphatic heterocycles. The number of benzene rings is 1. The Morgan fingerprint density at radius 3 is 2.67 bits per heavy atom. The van der Waals surface area contributed by atoms with Gasteiger partial charge in [0.1, 0.15) is 5.69 Å². The lowest BCUT2D eigenvalue weighted by Gasteiger charge is -2.26. The lowest BCUT2D eigenvalue weighted by Crippen LogP contribution is -2.33. The molecule has 2 rings (SSSR count). The van der Waals surface area contributed by atoms with Crippen molar-refractivity contribution in [3.8, 4) is 5.88 Å². The molecule has 1 heterocycles. The molecule has 0 bridgehead atoms. The molecule has 1 atom stereocenters. The molecule has 2 aromatic rings. The monoisotopic (exact) mass is 347 g/mol. The second-order valence-electron chi connectivity index (χ2n) is 5.79. The molecular formula is C18H22ClN3O2. The number of rotatable bonds is 5. The number of carbonyl (C=O) groups is 1. The van der Waals surface area contributed by atoms with Gasteiger partial charge in [-0.3, -0.25) is 0 Å². The zero-order chi connectivity index (χ0) is 17.7. The summed E-state index contributed by atoms with van der Waals surface area (Å²) >= 11 is 6.03. The second-order valence-corrected chi connectivity index (χ2v) is 6.23. The van der Waals surface area contributed by atoms with Crippen LogP contribution in [-0.2, 0) is 0 Å². The maximum absolute atomic E-state index is 12.5. The summed E-state index contributed by atoms with van der Waals surface area (Å²) in [6.07, 6.45) is 1.60. The zero-order valence-corrected chi connectivity index (χ0v) is 15.0. The van der Waals surface area contributed by atoms with Crippen LogP contribution in [0.25, 0.3) is 0 Å². The average molecular weight is 348 g/mol. The molecule has 0 aliphatic rings. The number of ether oxygens (including phenoxy) is 1. The molecular weight excluding hydrogens is 326 g/mol. The first-order valence-electron chi connectivity index (χ1n) is 7.79. The van der Waals surface area contributed by atoms with Crippen LogP contribution in [-0.4, -0.2) is 29.1 Å². The van der Waals surface area contributed by atoms with Crippen molar-refractivity contribution < 1.29 is 9.53 Å². The lowest BCUT2D eigenvalue weighted by atomic mass is 10.1. The summed E-state index contributed by atoms with van der Waals surface area (Å²) in [5.74, 6) is 0.407. The molecule has 0 radical (unpaired) electrons. The van der Waals surface area contributed by atoms with E-state index in [0.29, 0.717) is 16.6 Å². The molecule has 1 unspecified atom stereocenters. The SMILES string of the molecule is CC(C)Oc1ncccc1NC(=O)N(C)C(C)c1cccc(Cl)c1. The van der Waals surface area contributed by atoms with Gasteiger partial charge in [-0.05, 0) is 50.6 Å². The van der Waals surface area contributed by atoms with E-state index >= 15 is 0 Å². The molecule has 1 N–H and O–H groups in total. The van der Waals surface area contributed by atoms with Crippen LogP contribution in [0.3, 0.4) is 0 Å². The smallest absolute Gasteiger partial charge is 0.322 e. The molecule has 0 fully saturated rings. The van der Waals surface area contributed by atoms with E-state index in [1.54, 1.807) is 30.3 Å². The number of nitrogens with one attached hydrogen (secondary N) is 1. The first-order chi connectivity index (χ1) is 11.4. The highest BCUT2D eigenvalue weighted by atomic mass is 35.5.